The van der Waals surface area contributed by atoms with E-state index in [1.165, 1.54) is 16.8 Å². The van der Waals surface area contributed by atoms with Gasteiger partial charge in [-0.15, -0.1) is 0 Å². The third-order valence-electron chi connectivity index (χ3n) is 4.09. The van der Waals surface area contributed by atoms with E-state index in [1.54, 1.807) is 7.11 Å². The van der Waals surface area contributed by atoms with Gasteiger partial charge in [0.2, 0.25) is 0 Å². The van der Waals surface area contributed by atoms with Crippen LogP contribution in [0.25, 0.3) is 0 Å². The lowest BCUT2D eigenvalue weighted by molar-refractivity contribution is 0.0928. The molecule has 0 bridgehead atoms. The highest BCUT2D eigenvalue weighted by Gasteiger charge is 2.25. The number of ether oxygens (including phenoxy) is 1. The molecule has 3 rings (SSSR count). The van der Waals surface area contributed by atoms with Crippen LogP contribution in [0.2, 0.25) is 5.02 Å². The fourth-order valence-electron chi connectivity index (χ4n) is 2.88. The van der Waals surface area contributed by atoms with Crippen molar-refractivity contribution in [2.24, 2.45) is 0 Å². The number of carbonyl (C=O) groups excluding carboxylic acids is 1. The number of hydrogen-bond donors (Lipinski definition) is 1. The summed E-state index contributed by atoms with van der Waals surface area (Å²) in [5.74, 6) is -0.297. The molecule has 7 heteroatoms. The smallest absolute Gasteiger partial charge is 0.272 e. The van der Waals surface area contributed by atoms with Gasteiger partial charge in [0.25, 0.3) is 11.5 Å². The number of nitrogens with one attached hydrogen (secondary N) is 1. The Kier molecular flexibility index (Phi) is 4.97. The summed E-state index contributed by atoms with van der Waals surface area (Å²) in [6.45, 7) is 0.663. The van der Waals surface area contributed by atoms with Crippen molar-refractivity contribution in [3.05, 3.63) is 62.5 Å². The lowest BCUT2D eigenvalue weighted by atomic mass is 10.1. The largest absolute Gasteiger partial charge is 0.383 e. The molecule has 1 aliphatic rings. The molecule has 1 N–H and O–H groups in total. The highest BCUT2D eigenvalue weighted by Crippen LogP contribution is 2.32. The second kappa shape index (κ2) is 7.15. The molecule has 1 aliphatic carbocycles. The van der Waals surface area contributed by atoms with Gasteiger partial charge in [0.1, 0.15) is 5.69 Å². The van der Waals surface area contributed by atoms with E-state index in [0.29, 0.717) is 18.2 Å². The summed E-state index contributed by atoms with van der Waals surface area (Å²) in [4.78, 5) is 24.2. The first-order valence-corrected chi connectivity index (χ1v) is 8.12. The fourth-order valence-corrected chi connectivity index (χ4v) is 3.07. The molecule has 6 nitrogen and oxygen atoms in total. The summed E-state index contributed by atoms with van der Waals surface area (Å²) in [7, 11) is 1.55. The number of aromatic nitrogens is 2. The van der Waals surface area contributed by atoms with E-state index in [2.05, 4.69) is 10.4 Å². The molecule has 0 spiro atoms. The number of methoxy groups -OCH3 is 1. The van der Waals surface area contributed by atoms with Crippen molar-refractivity contribution in [2.45, 2.75) is 25.4 Å². The highest BCUT2D eigenvalue weighted by atomic mass is 35.5. The molecule has 24 heavy (non-hydrogen) atoms. The van der Waals surface area contributed by atoms with E-state index in [-0.39, 0.29) is 23.2 Å². The van der Waals surface area contributed by atoms with Crippen molar-refractivity contribution in [1.29, 1.82) is 0 Å². The average molecular weight is 348 g/mol. The van der Waals surface area contributed by atoms with Crippen molar-refractivity contribution in [3.8, 4) is 0 Å². The first-order chi connectivity index (χ1) is 11.6. The minimum atomic E-state index is -0.297. The minimum absolute atomic E-state index is 0.0640. The fraction of sp³-hybridized carbons (Fsp3) is 0.353. The minimum Gasteiger partial charge on any atom is -0.383 e. The molecular formula is C17H18ClN3O3. The van der Waals surface area contributed by atoms with E-state index in [0.717, 1.165) is 24.0 Å². The maximum Gasteiger partial charge on any atom is 0.272 e. The Hall–Kier alpha value is -2.18. The van der Waals surface area contributed by atoms with E-state index in [9.17, 15) is 9.59 Å². The normalized spacial score (nSPS) is 16.0. The Morgan fingerprint density at radius 3 is 3.04 bits per heavy atom. The van der Waals surface area contributed by atoms with E-state index >= 15 is 0 Å². The standard InChI is InChI=1S/C17H18ClN3O3/c1-24-9-8-21-16(22)7-6-15(20-21)17(23)19-14-5-2-11-10-12(18)3-4-13(11)14/h3-4,6-7,10,14H,2,5,8-9H2,1H3,(H,19,23)/t14-/m1/s1. The van der Waals surface area contributed by atoms with E-state index < -0.39 is 0 Å². The summed E-state index contributed by atoms with van der Waals surface area (Å²) in [5, 5.41) is 7.80. The van der Waals surface area contributed by atoms with Crippen LogP contribution in [0.5, 0.6) is 0 Å². The van der Waals surface area contributed by atoms with Gasteiger partial charge in [0.15, 0.2) is 0 Å². The number of benzene rings is 1. The van der Waals surface area contributed by atoms with Crippen LogP contribution in [-0.2, 0) is 17.7 Å². The van der Waals surface area contributed by atoms with Crippen LogP contribution >= 0.6 is 11.6 Å². The van der Waals surface area contributed by atoms with Crippen LogP contribution in [-0.4, -0.2) is 29.4 Å². The molecule has 1 atom stereocenters. The zero-order valence-corrected chi connectivity index (χ0v) is 14.0. The summed E-state index contributed by atoms with van der Waals surface area (Å²) >= 11 is 6.01. The topological polar surface area (TPSA) is 73.2 Å². The molecule has 0 saturated heterocycles. The zero-order chi connectivity index (χ0) is 17.1. The maximum absolute atomic E-state index is 12.5. The molecular weight excluding hydrogens is 330 g/mol. The quantitative estimate of drug-likeness (QED) is 0.897. The number of nitrogens with zero attached hydrogens (tertiary/aromatic N) is 2. The van der Waals surface area contributed by atoms with Crippen LogP contribution < -0.4 is 10.9 Å². The summed E-state index contributed by atoms with van der Waals surface area (Å²) in [6.07, 6.45) is 1.70. The predicted molar refractivity (Wildman–Crippen MR) is 90.4 cm³/mol. The SMILES string of the molecule is COCCn1nc(C(=O)N[C@@H]2CCc3cc(Cl)ccc32)ccc1=O. The highest BCUT2D eigenvalue weighted by molar-refractivity contribution is 6.30. The van der Waals surface area contributed by atoms with Crippen molar-refractivity contribution in [1.82, 2.24) is 15.1 Å². The van der Waals surface area contributed by atoms with Gasteiger partial charge in [-0.3, -0.25) is 9.59 Å². The van der Waals surface area contributed by atoms with E-state index in [4.69, 9.17) is 16.3 Å². The number of amides is 1. The third-order valence-corrected chi connectivity index (χ3v) is 4.33. The molecule has 0 unspecified atom stereocenters. The number of fused-ring (bicyclic) bond motifs is 1. The number of aryl methyl sites for hydroxylation is 1. The maximum atomic E-state index is 12.5. The van der Waals surface area contributed by atoms with Gasteiger partial charge in [-0.2, -0.15) is 5.10 Å². The van der Waals surface area contributed by atoms with Crippen LogP contribution in [0.1, 0.15) is 34.1 Å². The molecule has 0 saturated carbocycles. The number of carbonyl (C=O) groups is 1. The molecule has 1 aromatic carbocycles. The molecule has 1 heterocycles. The summed E-state index contributed by atoms with van der Waals surface area (Å²) in [6, 6.07) is 8.44. The molecule has 2 aromatic rings. The van der Waals surface area contributed by atoms with Gasteiger partial charge < -0.3 is 10.1 Å². The average Bonchev–Trinajstić information content (AvgIpc) is 2.96. The van der Waals surface area contributed by atoms with Crippen LogP contribution in [0, 0.1) is 0 Å². The Morgan fingerprint density at radius 1 is 1.42 bits per heavy atom. The van der Waals surface area contributed by atoms with Gasteiger partial charge in [-0.25, -0.2) is 4.68 Å². The first-order valence-electron chi connectivity index (χ1n) is 7.75. The Morgan fingerprint density at radius 2 is 2.25 bits per heavy atom. The van der Waals surface area contributed by atoms with Gasteiger partial charge in [0.05, 0.1) is 19.2 Å². The van der Waals surface area contributed by atoms with Crippen molar-refractivity contribution >= 4 is 17.5 Å². The number of rotatable bonds is 5. The number of halogens is 1. The lowest BCUT2D eigenvalue weighted by Gasteiger charge is -2.14. The molecule has 1 amide bonds. The molecule has 126 valence electrons. The van der Waals surface area contributed by atoms with Crippen molar-refractivity contribution in [2.75, 3.05) is 13.7 Å². The van der Waals surface area contributed by atoms with Crippen molar-refractivity contribution < 1.29 is 9.53 Å². The molecule has 1 aromatic heterocycles. The van der Waals surface area contributed by atoms with Gasteiger partial charge in [0, 0.05) is 18.2 Å². The summed E-state index contributed by atoms with van der Waals surface area (Å²) in [5.41, 5.74) is 2.20. The predicted octanol–water partition coefficient (Wildman–Crippen LogP) is 1.96. The monoisotopic (exact) mass is 347 g/mol. The van der Waals surface area contributed by atoms with Crippen LogP contribution in [0.4, 0.5) is 0 Å². The van der Waals surface area contributed by atoms with Gasteiger partial charge >= 0.3 is 0 Å². The second-order valence-electron chi connectivity index (χ2n) is 5.68. The summed E-state index contributed by atoms with van der Waals surface area (Å²) < 4.78 is 6.18. The Labute approximate surface area is 144 Å². The van der Waals surface area contributed by atoms with Gasteiger partial charge in [-0.1, -0.05) is 17.7 Å². The Bertz CT molecular complexity index is 819. The molecule has 0 aliphatic heterocycles. The van der Waals surface area contributed by atoms with Gasteiger partial charge in [-0.05, 0) is 42.2 Å². The third kappa shape index (κ3) is 3.49. The Balaban J connectivity index is 1.76. The van der Waals surface area contributed by atoms with Crippen LogP contribution in [0.3, 0.4) is 0 Å². The lowest BCUT2D eigenvalue weighted by Crippen LogP contribution is -2.32. The molecule has 0 radical (unpaired) electrons. The second-order valence-corrected chi connectivity index (χ2v) is 6.12. The molecule has 0 fully saturated rings. The van der Waals surface area contributed by atoms with Crippen LogP contribution in [0.15, 0.2) is 35.1 Å². The zero-order valence-electron chi connectivity index (χ0n) is 13.3. The van der Waals surface area contributed by atoms with Crippen molar-refractivity contribution in [3.63, 3.8) is 0 Å². The number of hydrogen-bond acceptors (Lipinski definition) is 4. The van der Waals surface area contributed by atoms with E-state index in [1.807, 2.05) is 18.2 Å². The first kappa shape index (κ1) is 16.7.